The Labute approximate surface area is 172 Å². The molecule has 0 radical (unpaired) electrons. The van der Waals surface area contributed by atoms with Crippen LogP contribution in [-0.4, -0.2) is 53.1 Å². The molecule has 3 amide bonds. The van der Waals surface area contributed by atoms with Crippen LogP contribution in [0, 0.1) is 0 Å². The van der Waals surface area contributed by atoms with E-state index in [9.17, 15) is 9.59 Å². The summed E-state index contributed by atoms with van der Waals surface area (Å²) < 4.78 is 10.5. The first-order chi connectivity index (χ1) is 14.1. The number of amides is 3. The minimum Gasteiger partial charge on any atom is -0.461 e. The summed E-state index contributed by atoms with van der Waals surface area (Å²) in [6, 6.07) is 11.8. The molecule has 0 spiro atoms. The van der Waals surface area contributed by atoms with Crippen LogP contribution in [0.25, 0.3) is 11.5 Å². The molecule has 0 saturated carbocycles. The first-order valence-electron chi connectivity index (χ1n) is 9.21. The maximum atomic E-state index is 12.8. The van der Waals surface area contributed by atoms with E-state index >= 15 is 0 Å². The molecule has 4 rings (SSSR count). The van der Waals surface area contributed by atoms with Gasteiger partial charge in [-0.1, -0.05) is 22.8 Å². The Bertz CT molecular complexity index is 1000. The Hall–Kier alpha value is -3.26. The quantitative estimate of drug-likeness (QED) is 0.700. The molecule has 29 heavy (non-hydrogen) atoms. The fourth-order valence-corrected chi connectivity index (χ4v) is 3.36. The van der Waals surface area contributed by atoms with Crippen molar-refractivity contribution >= 4 is 29.2 Å². The number of nitrogens with zero attached hydrogens (tertiary/aromatic N) is 3. The Kier molecular flexibility index (Phi) is 5.53. The highest BCUT2D eigenvalue weighted by Gasteiger charge is 2.25. The Balaban J connectivity index is 1.37. The van der Waals surface area contributed by atoms with Crippen LogP contribution in [-0.2, 0) is 0 Å². The van der Waals surface area contributed by atoms with E-state index in [1.807, 2.05) is 0 Å². The summed E-state index contributed by atoms with van der Waals surface area (Å²) >= 11 is 5.96. The summed E-state index contributed by atoms with van der Waals surface area (Å²) in [4.78, 5) is 28.7. The molecule has 1 saturated heterocycles. The van der Waals surface area contributed by atoms with E-state index in [2.05, 4.69) is 10.5 Å². The van der Waals surface area contributed by atoms with Crippen molar-refractivity contribution in [3.05, 3.63) is 59.4 Å². The smallest absolute Gasteiger partial charge is 0.321 e. The van der Waals surface area contributed by atoms with Crippen LogP contribution in [0.4, 0.5) is 10.5 Å². The minimum atomic E-state index is -0.233. The van der Waals surface area contributed by atoms with Crippen molar-refractivity contribution in [3.63, 3.8) is 0 Å². The van der Waals surface area contributed by atoms with Crippen molar-refractivity contribution in [1.29, 1.82) is 0 Å². The molecule has 1 aliphatic rings. The number of furan rings is 1. The third-order valence-corrected chi connectivity index (χ3v) is 4.87. The minimum absolute atomic E-state index is 0.216. The average Bonchev–Trinajstić information content (AvgIpc) is 3.35. The number of anilines is 1. The predicted molar refractivity (Wildman–Crippen MR) is 107 cm³/mol. The average molecular weight is 415 g/mol. The zero-order valence-corrected chi connectivity index (χ0v) is 16.3. The van der Waals surface area contributed by atoms with Crippen molar-refractivity contribution in [1.82, 2.24) is 15.0 Å². The molecular formula is C20H19ClN4O4. The first kappa shape index (κ1) is 19.1. The summed E-state index contributed by atoms with van der Waals surface area (Å²) in [6.45, 7) is 1.90. The summed E-state index contributed by atoms with van der Waals surface area (Å²) in [5, 5.41) is 7.25. The van der Waals surface area contributed by atoms with E-state index in [0.29, 0.717) is 54.8 Å². The molecule has 9 heteroatoms. The molecule has 8 nitrogen and oxygen atoms in total. The molecule has 2 aromatic heterocycles. The normalized spacial score (nSPS) is 14.5. The van der Waals surface area contributed by atoms with Crippen LogP contribution in [0.15, 0.2) is 57.7 Å². The van der Waals surface area contributed by atoms with Crippen LogP contribution < -0.4 is 5.32 Å². The molecule has 0 atom stereocenters. The summed E-state index contributed by atoms with van der Waals surface area (Å²) in [6.07, 6.45) is 2.19. The number of carbonyl (C=O) groups is 2. The fraction of sp³-hybridized carbons (Fsp3) is 0.250. The zero-order chi connectivity index (χ0) is 20.2. The molecule has 1 aliphatic heterocycles. The largest absolute Gasteiger partial charge is 0.461 e. The summed E-state index contributed by atoms with van der Waals surface area (Å²) in [5.41, 5.74) is 0.848. The molecule has 3 heterocycles. The molecule has 0 aliphatic carbocycles. The molecule has 3 aromatic rings. The van der Waals surface area contributed by atoms with E-state index in [4.69, 9.17) is 20.5 Å². The lowest BCUT2D eigenvalue weighted by atomic mass is 10.3. The van der Waals surface area contributed by atoms with Gasteiger partial charge < -0.3 is 24.1 Å². The SMILES string of the molecule is O=C(Nc1cccc(Cl)c1)N1CCCN(C(=O)c2cc(-c3ccco3)on2)CC1. The lowest BCUT2D eigenvalue weighted by Gasteiger charge is -2.22. The molecule has 1 fully saturated rings. The number of benzene rings is 1. The number of nitrogens with one attached hydrogen (secondary N) is 1. The van der Waals surface area contributed by atoms with E-state index in [1.54, 1.807) is 52.3 Å². The van der Waals surface area contributed by atoms with E-state index < -0.39 is 0 Å². The van der Waals surface area contributed by atoms with Crippen molar-refractivity contribution in [3.8, 4) is 11.5 Å². The number of halogens is 1. The number of urea groups is 1. The van der Waals surface area contributed by atoms with Gasteiger partial charge in [0.05, 0.1) is 6.26 Å². The van der Waals surface area contributed by atoms with Crippen LogP contribution in [0.1, 0.15) is 16.9 Å². The second-order valence-corrected chi connectivity index (χ2v) is 7.06. The highest BCUT2D eigenvalue weighted by molar-refractivity contribution is 6.30. The van der Waals surface area contributed by atoms with Crippen LogP contribution >= 0.6 is 11.6 Å². The molecule has 0 unspecified atom stereocenters. The number of hydrogen-bond acceptors (Lipinski definition) is 5. The highest BCUT2D eigenvalue weighted by atomic mass is 35.5. The van der Waals surface area contributed by atoms with Crippen molar-refractivity contribution < 1.29 is 18.5 Å². The predicted octanol–water partition coefficient (Wildman–Crippen LogP) is 3.97. The second kappa shape index (κ2) is 8.40. The van der Waals surface area contributed by atoms with Crippen LogP contribution in [0.5, 0.6) is 0 Å². The highest BCUT2D eigenvalue weighted by Crippen LogP contribution is 2.21. The second-order valence-electron chi connectivity index (χ2n) is 6.63. The van der Waals surface area contributed by atoms with Gasteiger partial charge >= 0.3 is 6.03 Å². The van der Waals surface area contributed by atoms with Gasteiger partial charge in [0, 0.05) is 43.0 Å². The molecule has 0 bridgehead atoms. The van der Waals surface area contributed by atoms with Gasteiger partial charge in [-0.3, -0.25) is 4.79 Å². The van der Waals surface area contributed by atoms with Gasteiger partial charge in [-0.2, -0.15) is 0 Å². The fourth-order valence-electron chi connectivity index (χ4n) is 3.17. The van der Waals surface area contributed by atoms with E-state index in [1.165, 1.54) is 6.26 Å². The van der Waals surface area contributed by atoms with Crippen LogP contribution in [0.2, 0.25) is 5.02 Å². The third kappa shape index (κ3) is 4.43. The maximum absolute atomic E-state index is 12.8. The van der Waals surface area contributed by atoms with E-state index in [-0.39, 0.29) is 17.6 Å². The lowest BCUT2D eigenvalue weighted by molar-refractivity contribution is 0.0752. The van der Waals surface area contributed by atoms with Gasteiger partial charge in [0.1, 0.15) is 0 Å². The standard InChI is InChI=1S/C20H19ClN4O4/c21-14-4-1-5-15(12-14)22-20(27)25-8-3-7-24(9-10-25)19(26)16-13-18(29-23-16)17-6-2-11-28-17/h1-2,4-6,11-13H,3,7-10H2,(H,22,27). The van der Waals surface area contributed by atoms with Crippen molar-refractivity contribution in [2.75, 3.05) is 31.5 Å². The topological polar surface area (TPSA) is 91.8 Å². The molecule has 1 aromatic carbocycles. The third-order valence-electron chi connectivity index (χ3n) is 4.64. The number of rotatable bonds is 3. The van der Waals surface area contributed by atoms with Gasteiger partial charge in [0.25, 0.3) is 5.91 Å². The van der Waals surface area contributed by atoms with Crippen LogP contribution in [0.3, 0.4) is 0 Å². The molecular weight excluding hydrogens is 396 g/mol. The van der Waals surface area contributed by atoms with Crippen molar-refractivity contribution in [2.45, 2.75) is 6.42 Å². The van der Waals surface area contributed by atoms with Gasteiger partial charge in [-0.05, 0) is 36.8 Å². The van der Waals surface area contributed by atoms with Gasteiger partial charge in [0.2, 0.25) is 5.76 Å². The number of hydrogen-bond donors (Lipinski definition) is 1. The Morgan fingerprint density at radius 1 is 1.00 bits per heavy atom. The number of carbonyl (C=O) groups excluding carboxylic acids is 2. The maximum Gasteiger partial charge on any atom is 0.321 e. The summed E-state index contributed by atoms with van der Waals surface area (Å²) in [7, 11) is 0. The van der Waals surface area contributed by atoms with Gasteiger partial charge in [-0.25, -0.2) is 4.79 Å². The van der Waals surface area contributed by atoms with Gasteiger partial charge in [-0.15, -0.1) is 0 Å². The Morgan fingerprint density at radius 3 is 2.62 bits per heavy atom. The first-order valence-corrected chi connectivity index (χ1v) is 9.59. The Morgan fingerprint density at radius 2 is 1.83 bits per heavy atom. The van der Waals surface area contributed by atoms with E-state index in [0.717, 1.165) is 0 Å². The molecule has 150 valence electrons. The molecule has 1 N–H and O–H groups in total. The van der Waals surface area contributed by atoms with Crippen molar-refractivity contribution in [2.24, 2.45) is 0 Å². The number of aromatic nitrogens is 1. The van der Waals surface area contributed by atoms with Gasteiger partial charge in [0.15, 0.2) is 11.5 Å². The zero-order valence-electron chi connectivity index (χ0n) is 15.5. The lowest BCUT2D eigenvalue weighted by Crippen LogP contribution is -2.39. The monoisotopic (exact) mass is 414 g/mol. The summed E-state index contributed by atoms with van der Waals surface area (Å²) in [5.74, 6) is 0.677.